The summed E-state index contributed by atoms with van der Waals surface area (Å²) in [5.41, 5.74) is -0.684. The summed E-state index contributed by atoms with van der Waals surface area (Å²) in [6.45, 7) is 0.674. The number of halogens is 1. The number of benzene rings is 1. The van der Waals surface area contributed by atoms with Crippen molar-refractivity contribution in [3.8, 4) is 5.75 Å². The van der Waals surface area contributed by atoms with Gasteiger partial charge in [0.2, 0.25) is 35.4 Å². The van der Waals surface area contributed by atoms with E-state index >= 15 is 0 Å². The van der Waals surface area contributed by atoms with Crippen molar-refractivity contribution < 1.29 is 149 Å². The van der Waals surface area contributed by atoms with E-state index < -0.39 is 141 Å². The normalized spacial score (nSPS) is 24.4. The van der Waals surface area contributed by atoms with E-state index in [0.29, 0.717) is 12.3 Å². The largest absolute Gasteiger partial charge is 0.428 e. The monoisotopic (exact) mass is 1580 g/mol. The zero-order valence-electron chi connectivity index (χ0n) is 57.6. The molecule has 102 heavy (non-hydrogen) atoms. The van der Waals surface area contributed by atoms with Gasteiger partial charge in [-0.05, 0) is 17.7 Å². The third-order valence-electron chi connectivity index (χ3n) is 15.5. The second-order valence-corrected chi connectivity index (χ2v) is 24.2. The molecule has 0 radical (unpaired) electrons. The van der Waals surface area contributed by atoms with Gasteiger partial charge in [-0.25, -0.2) is 0 Å². The van der Waals surface area contributed by atoms with Crippen LogP contribution in [-0.4, -0.2) is 357 Å². The van der Waals surface area contributed by atoms with Gasteiger partial charge in [-0.15, -0.1) is 0 Å². The smallest absolute Gasteiger partial charge is 0.224 e. The van der Waals surface area contributed by atoms with Gasteiger partial charge in [0.05, 0.1) is 164 Å². The number of aliphatic hydroxyl groups is 9. The van der Waals surface area contributed by atoms with Gasteiger partial charge in [-0.1, -0.05) is 12.1 Å². The lowest BCUT2D eigenvalue weighted by molar-refractivity contribution is -0.272. The molecule has 6 amide bonds. The molecular weight excluding hydrogens is 1480 g/mol. The summed E-state index contributed by atoms with van der Waals surface area (Å²) in [7, 11) is 0. The highest BCUT2D eigenvalue weighted by Crippen LogP contribution is 2.25. The van der Waals surface area contributed by atoms with Gasteiger partial charge in [0, 0.05) is 72.1 Å². The zero-order chi connectivity index (χ0) is 74.5. The Kier molecular flexibility index (Phi) is 46.0. The number of carbonyl (C=O) groups is 7. The number of rotatable bonds is 56. The lowest BCUT2D eigenvalue weighted by atomic mass is 9.97. The molecule has 0 aliphatic carbocycles. The highest BCUT2D eigenvalue weighted by atomic mass is 127. The third-order valence-corrected chi connectivity index (χ3v) is 16.0. The van der Waals surface area contributed by atoms with Gasteiger partial charge in [0.1, 0.15) is 78.0 Å². The lowest BCUT2D eigenvalue weighted by Crippen LogP contribution is -2.64. The van der Waals surface area contributed by atoms with Crippen LogP contribution in [0.5, 0.6) is 5.75 Å². The molecule has 1 aromatic carbocycles. The number of hydrogen-bond acceptors (Lipinski definition) is 32. The molecule has 3 saturated heterocycles. The Hall–Kier alpha value is -4.72. The van der Waals surface area contributed by atoms with Crippen molar-refractivity contribution in [1.29, 1.82) is 0 Å². The summed E-state index contributed by atoms with van der Waals surface area (Å²) in [6.07, 6.45) is -15.3. The molecule has 0 unspecified atom stereocenters. The highest BCUT2D eigenvalue weighted by Gasteiger charge is 2.47. The minimum absolute atomic E-state index is 0.0108. The molecule has 586 valence electrons. The highest BCUT2D eigenvalue weighted by molar-refractivity contribution is 14.1. The Morgan fingerprint density at radius 3 is 1.35 bits per heavy atom. The van der Waals surface area contributed by atoms with E-state index in [1.54, 1.807) is 47.3 Å². The van der Waals surface area contributed by atoms with Crippen LogP contribution in [0.1, 0.15) is 51.5 Å². The van der Waals surface area contributed by atoms with Crippen molar-refractivity contribution in [3.05, 3.63) is 29.8 Å². The predicted molar refractivity (Wildman–Crippen MR) is 359 cm³/mol. The quantitative estimate of drug-likeness (QED) is 0.0213. The Bertz CT molecular complexity index is 2450. The SMILES string of the molecule is CC(=O)N[C@H]1[C@H](OCCOCCNC(=O)CCOCC(COCCC(=O)CNCCOCCO[C@H]2C[C@@H](O)[C@@H](O)[C@@H](CO)O2)(COCCC(=O)NCCOCCO[C@@H]2O[C@H](CO)[C@H](O)[C@H](O)[C@H]2NC(C)=O)NC(=O)CCOCCOCCNC(=O)Cc2ccc(OI)cc2)O[C@H](CO)[C@H](O)[C@@H]1O. The van der Waals surface area contributed by atoms with Gasteiger partial charge < -0.3 is 153 Å². The molecule has 38 nitrogen and oxygen atoms in total. The average Bonchev–Trinajstić information content (AvgIpc) is 0.817. The fourth-order valence-electron chi connectivity index (χ4n) is 10.1. The van der Waals surface area contributed by atoms with E-state index in [-0.39, 0.29) is 202 Å². The van der Waals surface area contributed by atoms with Crippen LogP contribution >= 0.6 is 23.0 Å². The summed E-state index contributed by atoms with van der Waals surface area (Å²) in [5, 5.41) is 109. The van der Waals surface area contributed by atoms with Crippen LogP contribution in [-0.2, 0) is 106 Å². The number of carbonyl (C=O) groups excluding carboxylic acids is 7. The van der Waals surface area contributed by atoms with E-state index in [1.165, 1.54) is 13.8 Å². The summed E-state index contributed by atoms with van der Waals surface area (Å²) >= 11 is 1.77. The first-order valence-corrected chi connectivity index (χ1v) is 34.6. The molecule has 3 aliphatic rings. The van der Waals surface area contributed by atoms with Gasteiger partial charge in [-0.3, -0.25) is 33.6 Å². The van der Waals surface area contributed by atoms with Gasteiger partial charge in [0.25, 0.3) is 0 Å². The van der Waals surface area contributed by atoms with Crippen LogP contribution in [0.3, 0.4) is 0 Å². The molecular formula is C63H106IN7O31. The Labute approximate surface area is 605 Å². The molecule has 16 N–H and O–H groups in total. The Morgan fingerprint density at radius 2 is 0.882 bits per heavy atom. The molecule has 3 heterocycles. The van der Waals surface area contributed by atoms with Crippen LogP contribution in [0.4, 0.5) is 0 Å². The number of amides is 6. The topological polar surface area (TPSA) is 524 Å². The van der Waals surface area contributed by atoms with E-state index in [2.05, 4.69) is 37.2 Å². The maximum atomic E-state index is 13.8. The predicted octanol–water partition coefficient (Wildman–Crippen LogP) is -7.22. The van der Waals surface area contributed by atoms with Gasteiger partial charge in [0.15, 0.2) is 41.9 Å². The summed E-state index contributed by atoms with van der Waals surface area (Å²) in [4.78, 5) is 88.7. The number of nitrogens with one attached hydrogen (secondary N) is 7. The maximum Gasteiger partial charge on any atom is 0.224 e. The lowest BCUT2D eigenvalue weighted by Gasteiger charge is -2.42. The molecule has 0 aromatic heterocycles. The number of ether oxygens (including phenoxy) is 14. The maximum absolute atomic E-state index is 13.8. The molecule has 3 fully saturated rings. The number of hydrogen-bond donors (Lipinski definition) is 16. The Balaban J connectivity index is 1.30. The average molecular weight is 1580 g/mol. The van der Waals surface area contributed by atoms with E-state index in [0.717, 1.165) is 5.56 Å². The van der Waals surface area contributed by atoms with Crippen molar-refractivity contribution in [2.45, 2.75) is 144 Å². The van der Waals surface area contributed by atoms with Crippen LogP contribution in [0, 0.1) is 0 Å². The van der Waals surface area contributed by atoms with E-state index in [1.807, 2.05) is 0 Å². The first-order chi connectivity index (χ1) is 49.1. The minimum atomic E-state index is -1.50. The summed E-state index contributed by atoms with van der Waals surface area (Å²) in [5.74, 6) is -2.19. The first-order valence-electron chi connectivity index (χ1n) is 33.7. The molecule has 14 atom stereocenters. The molecule has 1 aromatic rings. The molecule has 0 saturated carbocycles. The molecule has 3 aliphatic heterocycles. The Morgan fingerprint density at radius 1 is 0.471 bits per heavy atom. The zero-order valence-corrected chi connectivity index (χ0v) is 59.8. The van der Waals surface area contributed by atoms with Crippen molar-refractivity contribution >= 4 is 64.2 Å². The molecule has 0 bridgehead atoms. The molecule has 0 spiro atoms. The van der Waals surface area contributed by atoms with Gasteiger partial charge in [-0.2, -0.15) is 0 Å². The first kappa shape index (κ1) is 89.7. The number of Topliss-reactive ketones (excluding diaryl/α,β-unsaturated/α-hetero) is 1. The van der Waals surface area contributed by atoms with Crippen LogP contribution in [0.15, 0.2) is 24.3 Å². The summed E-state index contributed by atoms with van der Waals surface area (Å²) in [6, 6.07) is 4.82. The molecule has 4 rings (SSSR count). The van der Waals surface area contributed by atoms with Crippen molar-refractivity contribution in [3.63, 3.8) is 0 Å². The van der Waals surface area contributed by atoms with E-state index in [4.69, 9.17) is 69.4 Å². The van der Waals surface area contributed by atoms with Gasteiger partial charge >= 0.3 is 0 Å². The minimum Gasteiger partial charge on any atom is -0.428 e. The van der Waals surface area contributed by atoms with Crippen LogP contribution in [0.2, 0.25) is 0 Å². The fraction of sp³-hybridized carbons (Fsp3) is 0.794. The van der Waals surface area contributed by atoms with Crippen LogP contribution in [0.25, 0.3) is 0 Å². The number of aliphatic hydroxyl groups excluding tert-OH is 9. The van der Waals surface area contributed by atoms with Crippen molar-refractivity contribution in [1.82, 2.24) is 37.2 Å². The standard InChI is InChI=1S/C63H106IN7O31/c1-40(75)69-54-59(86)57(84)47(35-73)100-61(54)97-29-26-91-20-12-66-49(79)8-17-94-38-63(71-51(81)10-16-88-23-24-90-22-14-68-52(82)31-42-3-5-44(102-64)6-4-42,37-93-15-7-43(77)33-65-11-19-89-25-28-96-53-32-45(78)56(83)46(34-72)99-53)39-95-18-9-50(80)67-13-21-92-27-30-98-62-55(70-41(2)76)60(87)58(85)48(36-74)101-62/h3-6,45-48,53-62,65,72-74,78,83-87H,7-39H2,1-2H3,(H,66,79)(H,67,80)(H,68,82)(H,69,75)(H,70,76)(H,71,81)/t45-,46-,47-,48-,53-,54-,55-,56-,57+,58+,59-,60-,61-,62-/m1/s1. The van der Waals surface area contributed by atoms with Crippen molar-refractivity contribution in [2.24, 2.45) is 0 Å². The summed E-state index contributed by atoms with van der Waals surface area (Å²) < 4.78 is 84.6. The van der Waals surface area contributed by atoms with E-state index in [9.17, 15) is 79.5 Å². The van der Waals surface area contributed by atoms with Crippen LogP contribution < -0.4 is 40.3 Å². The second-order valence-electron chi connectivity index (χ2n) is 23.8. The third kappa shape index (κ3) is 36.0. The van der Waals surface area contributed by atoms with Crippen molar-refractivity contribution in [2.75, 3.05) is 178 Å². The molecule has 39 heteroatoms. The second kappa shape index (κ2) is 52.3. The number of ketones is 1. The fourth-order valence-corrected chi connectivity index (χ4v) is 10.4.